The van der Waals surface area contributed by atoms with Crippen LogP contribution in [0.4, 0.5) is 5.69 Å². The van der Waals surface area contributed by atoms with Crippen LogP contribution in [-0.4, -0.2) is 4.57 Å². The number of benzene rings is 1. The lowest BCUT2D eigenvalue weighted by atomic mass is 10.2. The third-order valence-electron chi connectivity index (χ3n) is 2.68. The number of hydrogen-bond acceptors (Lipinski definition) is 1. The second kappa shape index (κ2) is 4.32. The highest BCUT2D eigenvalue weighted by atomic mass is 15.0. The van der Waals surface area contributed by atoms with E-state index in [0.717, 1.165) is 29.7 Å². The van der Waals surface area contributed by atoms with Crippen molar-refractivity contribution in [1.29, 1.82) is 0 Å². The van der Waals surface area contributed by atoms with Crippen molar-refractivity contribution in [2.75, 3.05) is 5.73 Å². The highest BCUT2D eigenvalue weighted by Gasteiger charge is 2.07. The second-order valence-corrected chi connectivity index (χ2v) is 3.84. The van der Waals surface area contributed by atoms with E-state index in [4.69, 9.17) is 5.73 Å². The van der Waals surface area contributed by atoms with E-state index in [1.807, 2.05) is 19.1 Å². The second-order valence-electron chi connectivity index (χ2n) is 3.84. The lowest BCUT2D eigenvalue weighted by molar-refractivity contribution is 0.697. The first-order chi connectivity index (χ1) is 7.77. The molecule has 0 aliphatic rings. The van der Waals surface area contributed by atoms with Crippen LogP contribution in [0.1, 0.15) is 26.0 Å². The molecule has 0 bridgehead atoms. The number of hydrogen-bond donors (Lipinski definition) is 1. The van der Waals surface area contributed by atoms with Crippen LogP contribution in [0.2, 0.25) is 0 Å². The largest absolute Gasteiger partial charge is 0.398 e. The number of nitrogen functional groups attached to an aromatic ring is 1. The lowest BCUT2D eigenvalue weighted by Crippen LogP contribution is -1.99. The Bertz CT molecular complexity index is 567. The Morgan fingerprint density at radius 1 is 1.38 bits per heavy atom. The molecule has 0 spiro atoms. The fourth-order valence-electron chi connectivity index (χ4n) is 2.00. The number of anilines is 1. The molecule has 0 saturated carbocycles. The Labute approximate surface area is 96.1 Å². The number of aryl methyl sites for hydroxylation is 1. The SMILES string of the molecule is CC#Cc1cc2c(N)cccc2n1CCC. The van der Waals surface area contributed by atoms with E-state index in [1.165, 1.54) is 5.52 Å². The van der Waals surface area contributed by atoms with Crippen LogP contribution in [0.25, 0.3) is 10.9 Å². The molecule has 1 heterocycles. The molecule has 0 saturated heterocycles. The number of aromatic nitrogens is 1. The molecule has 0 aliphatic heterocycles. The molecule has 2 aromatic rings. The van der Waals surface area contributed by atoms with Gasteiger partial charge in [-0.2, -0.15) is 0 Å². The molecule has 0 unspecified atom stereocenters. The summed E-state index contributed by atoms with van der Waals surface area (Å²) in [5.74, 6) is 6.09. The Kier molecular flexibility index (Phi) is 2.87. The van der Waals surface area contributed by atoms with Gasteiger partial charge in [0.15, 0.2) is 0 Å². The van der Waals surface area contributed by atoms with Crippen LogP contribution < -0.4 is 5.73 Å². The molecule has 2 nitrogen and oxygen atoms in total. The van der Waals surface area contributed by atoms with E-state index in [1.54, 1.807) is 0 Å². The van der Waals surface area contributed by atoms with Gasteiger partial charge < -0.3 is 10.3 Å². The van der Waals surface area contributed by atoms with Gasteiger partial charge in [-0.1, -0.05) is 18.9 Å². The molecule has 1 aromatic heterocycles. The van der Waals surface area contributed by atoms with Crippen LogP contribution in [-0.2, 0) is 6.54 Å². The minimum Gasteiger partial charge on any atom is -0.398 e. The predicted molar refractivity (Wildman–Crippen MR) is 69.2 cm³/mol. The number of nitrogens with zero attached hydrogens (tertiary/aromatic N) is 1. The molecular formula is C14H16N2. The van der Waals surface area contributed by atoms with Crippen molar-refractivity contribution < 1.29 is 0 Å². The smallest absolute Gasteiger partial charge is 0.0931 e. The zero-order valence-electron chi connectivity index (χ0n) is 9.75. The first-order valence-electron chi connectivity index (χ1n) is 5.58. The molecule has 0 fully saturated rings. The van der Waals surface area contributed by atoms with Gasteiger partial charge in [0.25, 0.3) is 0 Å². The van der Waals surface area contributed by atoms with Crippen LogP contribution in [0.15, 0.2) is 24.3 Å². The summed E-state index contributed by atoms with van der Waals surface area (Å²) in [6.07, 6.45) is 1.09. The number of rotatable bonds is 2. The molecule has 0 radical (unpaired) electrons. The zero-order chi connectivity index (χ0) is 11.5. The van der Waals surface area contributed by atoms with Crippen molar-refractivity contribution in [3.63, 3.8) is 0 Å². The maximum Gasteiger partial charge on any atom is 0.0931 e. The third kappa shape index (κ3) is 1.65. The van der Waals surface area contributed by atoms with Crippen molar-refractivity contribution in [3.8, 4) is 11.8 Å². The molecule has 0 atom stereocenters. The summed E-state index contributed by atoms with van der Waals surface area (Å²) in [6, 6.07) is 8.10. The fraction of sp³-hybridized carbons (Fsp3) is 0.286. The van der Waals surface area contributed by atoms with Crippen molar-refractivity contribution in [3.05, 3.63) is 30.0 Å². The van der Waals surface area contributed by atoms with Gasteiger partial charge in [-0.3, -0.25) is 0 Å². The van der Waals surface area contributed by atoms with Crippen molar-refractivity contribution in [2.45, 2.75) is 26.8 Å². The van der Waals surface area contributed by atoms with E-state index in [0.29, 0.717) is 0 Å². The average molecular weight is 212 g/mol. The maximum absolute atomic E-state index is 5.97. The van der Waals surface area contributed by atoms with Crippen LogP contribution >= 0.6 is 0 Å². The average Bonchev–Trinajstić information content (AvgIpc) is 2.61. The standard InChI is InChI=1S/C14H16N2/c1-3-6-11-10-12-13(15)7-5-8-14(12)16(11)9-4-2/h5,7-8,10H,4,9,15H2,1-2H3. The summed E-state index contributed by atoms with van der Waals surface area (Å²) in [5, 5.41) is 1.11. The van der Waals surface area contributed by atoms with Gasteiger partial charge in [0.1, 0.15) is 0 Å². The monoisotopic (exact) mass is 212 g/mol. The van der Waals surface area contributed by atoms with Crippen molar-refractivity contribution in [1.82, 2.24) is 4.57 Å². The minimum atomic E-state index is 0.825. The molecule has 1 aromatic carbocycles. The van der Waals surface area contributed by atoms with Crippen LogP contribution in [0.5, 0.6) is 0 Å². The highest BCUT2D eigenvalue weighted by molar-refractivity contribution is 5.92. The number of fused-ring (bicyclic) bond motifs is 1. The van der Waals surface area contributed by atoms with Gasteiger partial charge in [-0.25, -0.2) is 0 Å². The third-order valence-corrected chi connectivity index (χ3v) is 2.68. The molecule has 0 aliphatic carbocycles. The fourth-order valence-corrected chi connectivity index (χ4v) is 2.00. The van der Waals surface area contributed by atoms with E-state index in [9.17, 15) is 0 Å². The predicted octanol–water partition coefficient (Wildman–Crippen LogP) is 3.00. The Balaban J connectivity index is 2.73. The Hall–Kier alpha value is -1.88. The molecule has 2 heteroatoms. The maximum atomic E-state index is 5.97. The van der Waals surface area contributed by atoms with E-state index < -0.39 is 0 Å². The lowest BCUT2D eigenvalue weighted by Gasteiger charge is -2.05. The molecule has 82 valence electrons. The topological polar surface area (TPSA) is 30.9 Å². The first-order valence-corrected chi connectivity index (χ1v) is 5.58. The Morgan fingerprint density at radius 2 is 2.19 bits per heavy atom. The quantitative estimate of drug-likeness (QED) is 0.602. The van der Waals surface area contributed by atoms with E-state index >= 15 is 0 Å². The molecule has 2 N–H and O–H groups in total. The van der Waals surface area contributed by atoms with Gasteiger partial charge in [-0.15, -0.1) is 0 Å². The summed E-state index contributed by atoms with van der Waals surface area (Å²) in [5.41, 5.74) is 9.03. The normalized spacial score (nSPS) is 10.1. The van der Waals surface area contributed by atoms with Crippen molar-refractivity contribution in [2.24, 2.45) is 0 Å². The van der Waals surface area contributed by atoms with Gasteiger partial charge in [-0.05, 0) is 37.5 Å². The summed E-state index contributed by atoms with van der Waals surface area (Å²) >= 11 is 0. The molecule has 16 heavy (non-hydrogen) atoms. The highest BCUT2D eigenvalue weighted by Crippen LogP contribution is 2.25. The molecule has 2 rings (SSSR count). The zero-order valence-corrected chi connectivity index (χ0v) is 9.75. The van der Waals surface area contributed by atoms with Crippen LogP contribution in [0, 0.1) is 11.8 Å². The first kappa shape index (κ1) is 10.6. The summed E-state index contributed by atoms with van der Waals surface area (Å²) in [4.78, 5) is 0. The van der Waals surface area contributed by atoms with Gasteiger partial charge in [0, 0.05) is 17.6 Å². The van der Waals surface area contributed by atoms with E-state index in [-0.39, 0.29) is 0 Å². The Morgan fingerprint density at radius 3 is 2.88 bits per heavy atom. The molecule has 0 amide bonds. The molecular weight excluding hydrogens is 196 g/mol. The summed E-state index contributed by atoms with van der Waals surface area (Å²) < 4.78 is 2.24. The van der Waals surface area contributed by atoms with Gasteiger partial charge >= 0.3 is 0 Å². The van der Waals surface area contributed by atoms with Gasteiger partial charge in [0.05, 0.1) is 11.2 Å². The van der Waals surface area contributed by atoms with Gasteiger partial charge in [0.2, 0.25) is 0 Å². The number of nitrogens with two attached hydrogens (primary N) is 1. The summed E-state index contributed by atoms with van der Waals surface area (Å²) in [7, 11) is 0. The minimum absolute atomic E-state index is 0.825. The van der Waals surface area contributed by atoms with Crippen molar-refractivity contribution >= 4 is 16.6 Å². The van der Waals surface area contributed by atoms with Crippen LogP contribution in [0.3, 0.4) is 0 Å². The summed E-state index contributed by atoms with van der Waals surface area (Å²) in [6.45, 7) is 5.01. The van der Waals surface area contributed by atoms with E-state index in [2.05, 4.69) is 35.5 Å².